The van der Waals surface area contributed by atoms with Crippen LogP contribution in [0.25, 0.3) is 11.0 Å². The number of imidazole rings is 1. The van der Waals surface area contributed by atoms with Crippen LogP contribution >= 0.6 is 24.0 Å². The van der Waals surface area contributed by atoms with Crippen molar-refractivity contribution in [1.82, 2.24) is 20.2 Å². The second-order valence-electron chi connectivity index (χ2n) is 6.81. The van der Waals surface area contributed by atoms with Gasteiger partial charge in [-0.05, 0) is 45.0 Å². The van der Waals surface area contributed by atoms with Crippen LogP contribution in [0.3, 0.4) is 0 Å². The van der Waals surface area contributed by atoms with Crippen LogP contribution in [-0.2, 0) is 19.2 Å². The summed E-state index contributed by atoms with van der Waals surface area (Å²) in [4.78, 5) is 9.25. The highest BCUT2D eigenvalue weighted by Gasteiger charge is 2.27. The molecule has 0 spiro atoms. The van der Waals surface area contributed by atoms with E-state index in [0.29, 0.717) is 18.3 Å². The Morgan fingerprint density at radius 1 is 1.25 bits per heavy atom. The Bertz CT molecular complexity index is 945. The lowest BCUT2D eigenvalue weighted by Gasteiger charge is -2.22. The molecule has 3 rings (SSSR count). The minimum atomic E-state index is -1.14. The standard InChI is InChI=1S/C20H27N5O2.HI/c1-5-21-19(23-13-20(3,26)17-11-10-14(2)27-17)22-12-18-24-15-8-6-7-9-16(15)25(18)4;/h6-11,26H,5,12-13H2,1-4H3,(H2,21,22,23);1H. The van der Waals surface area contributed by atoms with Gasteiger partial charge in [-0.1, -0.05) is 12.1 Å². The molecule has 0 aliphatic heterocycles. The highest BCUT2D eigenvalue weighted by atomic mass is 127. The number of nitrogens with one attached hydrogen (secondary N) is 2. The number of aliphatic imine (C=N–C) groups is 1. The summed E-state index contributed by atoms with van der Waals surface area (Å²) in [6.45, 7) is 7.00. The zero-order chi connectivity index (χ0) is 19.4. The lowest BCUT2D eigenvalue weighted by molar-refractivity contribution is 0.0378. The van der Waals surface area contributed by atoms with E-state index in [1.807, 2.05) is 55.8 Å². The molecule has 1 atom stereocenters. The van der Waals surface area contributed by atoms with Crippen LogP contribution in [0.5, 0.6) is 0 Å². The second kappa shape index (κ2) is 9.42. The Morgan fingerprint density at radius 2 is 2.00 bits per heavy atom. The highest BCUT2D eigenvalue weighted by Crippen LogP contribution is 2.22. The lowest BCUT2D eigenvalue weighted by atomic mass is 10.0. The molecule has 1 aromatic carbocycles. The van der Waals surface area contributed by atoms with Gasteiger partial charge in [0.15, 0.2) is 5.96 Å². The van der Waals surface area contributed by atoms with Gasteiger partial charge in [-0.2, -0.15) is 0 Å². The van der Waals surface area contributed by atoms with E-state index in [2.05, 4.69) is 20.6 Å². The van der Waals surface area contributed by atoms with Crippen LogP contribution in [0.4, 0.5) is 0 Å². The van der Waals surface area contributed by atoms with Crippen LogP contribution in [0, 0.1) is 6.92 Å². The van der Waals surface area contributed by atoms with Crippen molar-refractivity contribution in [2.24, 2.45) is 12.0 Å². The number of aromatic nitrogens is 2. The zero-order valence-corrected chi connectivity index (χ0v) is 19.0. The summed E-state index contributed by atoms with van der Waals surface area (Å²) in [5.41, 5.74) is 0.901. The van der Waals surface area contributed by atoms with Gasteiger partial charge in [0.1, 0.15) is 29.5 Å². The Hall–Kier alpha value is -2.07. The van der Waals surface area contributed by atoms with Gasteiger partial charge < -0.3 is 24.7 Å². The van der Waals surface area contributed by atoms with Gasteiger partial charge in [-0.3, -0.25) is 0 Å². The van der Waals surface area contributed by atoms with Gasteiger partial charge in [0.2, 0.25) is 0 Å². The molecule has 3 N–H and O–H groups in total. The number of hydrogen-bond donors (Lipinski definition) is 3. The first-order valence-electron chi connectivity index (χ1n) is 9.12. The molecule has 0 amide bonds. The minimum Gasteiger partial charge on any atom is -0.463 e. The number of aliphatic hydroxyl groups is 1. The van der Waals surface area contributed by atoms with Crippen molar-refractivity contribution in [2.45, 2.75) is 32.9 Å². The summed E-state index contributed by atoms with van der Waals surface area (Å²) in [5.74, 6) is 2.79. The molecule has 152 valence electrons. The summed E-state index contributed by atoms with van der Waals surface area (Å²) in [7, 11) is 1.99. The number of hydrogen-bond acceptors (Lipinski definition) is 4. The molecule has 7 nitrogen and oxygen atoms in total. The molecule has 0 aliphatic rings. The molecule has 0 saturated carbocycles. The van der Waals surface area contributed by atoms with Crippen molar-refractivity contribution in [3.63, 3.8) is 0 Å². The fourth-order valence-electron chi connectivity index (χ4n) is 2.90. The topological polar surface area (TPSA) is 87.6 Å². The summed E-state index contributed by atoms with van der Waals surface area (Å²) in [6.07, 6.45) is 0. The average molecular weight is 497 g/mol. The fraction of sp³-hybridized carbons (Fsp3) is 0.400. The number of guanidine groups is 1. The number of rotatable bonds is 6. The van der Waals surface area contributed by atoms with Gasteiger partial charge in [0, 0.05) is 13.6 Å². The first-order chi connectivity index (χ1) is 12.9. The molecule has 2 aromatic heterocycles. The SMILES string of the molecule is CCNC(=NCc1nc2ccccc2n1C)NCC(C)(O)c1ccc(C)o1.I. The first-order valence-corrected chi connectivity index (χ1v) is 9.12. The van der Waals surface area contributed by atoms with Crippen molar-refractivity contribution in [1.29, 1.82) is 0 Å². The minimum absolute atomic E-state index is 0. The summed E-state index contributed by atoms with van der Waals surface area (Å²) >= 11 is 0. The third kappa shape index (κ3) is 5.05. The van der Waals surface area contributed by atoms with Gasteiger partial charge in [0.25, 0.3) is 0 Å². The van der Waals surface area contributed by atoms with Crippen LogP contribution in [-0.4, -0.2) is 33.7 Å². The Kier molecular flexibility index (Phi) is 7.48. The van der Waals surface area contributed by atoms with Crippen molar-refractivity contribution >= 4 is 41.0 Å². The summed E-state index contributed by atoms with van der Waals surface area (Å²) < 4.78 is 7.60. The van der Waals surface area contributed by atoms with Crippen molar-refractivity contribution in [3.8, 4) is 0 Å². The van der Waals surface area contributed by atoms with Crippen LogP contribution in [0.2, 0.25) is 0 Å². The van der Waals surface area contributed by atoms with E-state index < -0.39 is 5.60 Å². The number of fused-ring (bicyclic) bond motifs is 1. The summed E-state index contributed by atoms with van der Waals surface area (Å²) in [5, 5.41) is 17.1. The zero-order valence-electron chi connectivity index (χ0n) is 16.7. The van der Waals surface area contributed by atoms with E-state index in [9.17, 15) is 5.11 Å². The molecule has 28 heavy (non-hydrogen) atoms. The van der Waals surface area contributed by atoms with Crippen LogP contribution in [0.15, 0.2) is 45.8 Å². The Labute approximate surface area is 182 Å². The molecule has 0 fully saturated rings. The predicted octanol–water partition coefficient (Wildman–Crippen LogP) is 3.06. The maximum atomic E-state index is 10.7. The van der Waals surface area contributed by atoms with E-state index in [4.69, 9.17) is 4.42 Å². The fourth-order valence-corrected chi connectivity index (χ4v) is 2.90. The smallest absolute Gasteiger partial charge is 0.191 e. The lowest BCUT2D eigenvalue weighted by Crippen LogP contribution is -2.44. The monoisotopic (exact) mass is 497 g/mol. The van der Waals surface area contributed by atoms with Gasteiger partial charge >= 0.3 is 0 Å². The Morgan fingerprint density at radius 3 is 2.64 bits per heavy atom. The number of furan rings is 1. The maximum Gasteiger partial charge on any atom is 0.191 e. The number of halogens is 1. The highest BCUT2D eigenvalue weighted by molar-refractivity contribution is 14.0. The first kappa shape index (κ1) is 22.2. The molecular formula is C20H28IN5O2. The molecular weight excluding hydrogens is 469 g/mol. The molecule has 8 heteroatoms. The molecule has 0 aliphatic carbocycles. The van der Waals surface area contributed by atoms with E-state index in [1.54, 1.807) is 13.0 Å². The van der Waals surface area contributed by atoms with Crippen molar-refractivity contribution in [3.05, 3.63) is 53.7 Å². The van der Waals surface area contributed by atoms with Gasteiger partial charge in [0.05, 0.1) is 17.6 Å². The Balaban J connectivity index is 0.00000280. The third-order valence-corrected chi connectivity index (χ3v) is 4.47. The normalized spacial score (nSPS) is 13.8. The van der Waals surface area contributed by atoms with Gasteiger partial charge in [-0.25, -0.2) is 9.98 Å². The largest absolute Gasteiger partial charge is 0.463 e. The number of benzene rings is 1. The molecule has 0 bridgehead atoms. The summed E-state index contributed by atoms with van der Waals surface area (Å²) in [6, 6.07) is 11.7. The maximum absolute atomic E-state index is 10.7. The number of nitrogens with zero attached hydrogens (tertiary/aromatic N) is 3. The average Bonchev–Trinajstić information content (AvgIpc) is 3.22. The predicted molar refractivity (Wildman–Crippen MR) is 122 cm³/mol. The van der Waals surface area contributed by atoms with E-state index in [-0.39, 0.29) is 30.5 Å². The van der Waals surface area contributed by atoms with Crippen LogP contribution in [0.1, 0.15) is 31.2 Å². The molecule has 3 aromatic rings. The van der Waals surface area contributed by atoms with Crippen molar-refractivity contribution < 1.29 is 9.52 Å². The third-order valence-electron chi connectivity index (χ3n) is 4.47. The molecule has 0 saturated heterocycles. The number of para-hydroxylation sites is 2. The van der Waals surface area contributed by atoms with E-state index in [1.165, 1.54) is 0 Å². The van der Waals surface area contributed by atoms with Crippen LogP contribution < -0.4 is 10.6 Å². The van der Waals surface area contributed by atoms with E-state index in [0.717, 1.165) is 29.2 Å². The molecule has 2 heterocycles. The van der Waals surface area contributed by atoms with Crippen molar-refractivity contribution in [2.75, 3.05) is 13.1 Å². The number of aryl methyl sites for hydroxylation is 2. The molecule has 1 unspecified atom stereocenters. The van der Waals surface area contributed by atoms with Gasteiger partial charge in [-0.15, -0.1) is 24.0 Å². The quantitative estimate of drug-likeness (QED) is 0.277. The second-order valence-corrected chi connectivity index (χ2v) is 6.81. The van der Waals surface area contributed by atoms with E-state index >= 15 is 0 Å². The molecule has 0 radical (unpaired) electrons.